The van der Waals surface area contributed by atoms with Gasteiger partial charge in [-0.3, -0.25) is 4.79 Å². The highest BCUT2D eigenvalue weighted by molar-refractivity contribution is 5.95. The molecule has 0 radical (unpaired) electrons. The fraction of sp³-hybridized carbons (Fsp3) is 0.500. The zero-order chi connectivity index (χ0) is 14.8. The van der Waals surface area contributed by atoms with Crippen molar-refractivity contribution in [3.8, 4) is 5.75 Å². The number of hydrogen-bond acceptors (Lipinski definition) is 5. The molecule has 1 aromatic carbocycles. The van der Waals surface area contributed by atoms with E-state index in [0.29, 0.717) is 11.4 Å². The summed E-state index contributed by atoms with van der Waals surface area (Å²) in [6.45, 7) is 3.51. The van der Waals surface area contributed by atoms with Crippen LogP contribution < -0.4 is 15.4 Å². The summed E-state index contributed by atoms with van der Waals surface area (Å²) in [6.07, 6.45) is 0. The van der Waals surface area contributed by atoms with Crippen LogP contribution in [-0.4, -0.2) is 41.5 Å². The molecule has 2 unspecified atom stereocenters. The number of ether oxygens (including phenoxy) is 1. The van der Waals surface area contributed by atoms with E-state index < -0.39 is 5.60 Å². The van der Waals surface area contributed by atoms with E-state index in [1.54, 1.807) is 6.92 Å². The minimum Gasteiger partial charge on any atom is -0.482 e. The van der Waals surface area contributed by atoms with Gasteiger partial charge in [0, 0.05) is 12.6 Å². The summed E-state index contributed by atoms with van der Waals surface area (Å²) >= 11 is 0. The second-order valence-electron chi connectivity index (χ2n) is 5.35. The largest absolute Gasteiger partial charge is 0.482 e. The molecule has 4 N–H and O–H groups in total. The molecule has 0 fully saturated rings. The van der Waals surface area contributed by atoms with Crippen LogP contribution in [0.4, 0.5) is 5.69 Å². The number of amides is 1. The highest BCUT2D eigenvalue weighted by Crippen LogP contribution is 2.30. The number of aliphatic hydroxyl groups excluding tert-OH is 1. The van der Waals surface area contributed by atoms with Crippen molar-refractivity contribution in [2.24, 2.45) is 0 Å². The molecule has 0 spiro atoms. The Hall–Kier alpha value is -1.63. The minimum atomic E-state index is -1.15. The van der Waals surface area contributed by atoms with Gasteiger partial charge in [-0.05, 0) is 31.5 Å². The molecule has 0 bridgehead atoms. The summed E-state index contributed by atoms with van der Waals surface area (Å²) in [6, 6.07) is 5.53. The van der Waals surface area contributed by atoms with Crippen LogP contribution in [-0.2, 0) is 4.79 Å². The van der Waals surface area contributed by atoms with Gasteiger partial charge in [0.15, 0.2) is 6.61 Å². The summed E-state index contributed by atoms with van der Waals surface area (Å²) < 4.78 is 5.30. The minimum absolute atomic E-state index is 0.0304. The van der Waals surface area contributed by atoms with Crippen molar-refractivity contribution in [3.05, 3.63) is 23.8 Å². The summed E-state index contributed by atoms with van der Waals surface area (Å²) in [5, 5.41) is 24.7. The Balaban J connectivity index is 2.05. The number of benzene rings is 1. The van der Waals surface area contributed by atoms with Crippen LogP contribution in [0.25, 0.3) is 0 Å². The smallest absolute Gasteiger partial charge is 0.262 e. The fourth-order valence-corrected chi connectivity index (χ4v) is 1.92. The van der Waals surface area contributed by atoms with Crippen molar-refractivity contribution < 1.29 is 19.7 Å². The number of nitrogens with one attached hydrogen (secondary N) is 2. The molecule has 6 heteroatoms. The number of carbonyl (C=O) groups excluding carboxylic acids is 1. The average molecular weight is 280 g/mol. The average Bonchev–Trinajstić information content (AvgIpc) is 2.44. The van der Waals surface area contributed by atoms with Crippen molar-refractivity contribution in [2.45, 2.75) is 25.5 Å². The Morgan fingerprint density at radius 1 is 1.55 bits per heavy atom. The Morgan fingerprint density at radius 2 is 2.30 bits per heavy atom. The first-order valence-corrected chi connectivity index (χ1v) is 6.54. The van der Waals surface area contributed by atoms with Gasteiger partial charge in [-0.15, -0.1) is 0 Å². The lowest BCUT2D eigenvalue weighted by Crippen LogP contribution is -2.41. The third-order valence-corrected chi connectivity index (χ3v) is 3.27. The van der Waals surface area contributed by atoms with E-state index in [9.17, 15) is 9.90 Å². The highest BCUT2D eigenvalue weighted by Gasteiger charge is 2.21. The van der Waals surface area contributed by atoms with Gasteiger partial charge in [0.25, 0.3) is 5.91 Å². The number of anilines is 1. The first-order valence-electron chi connectivity index (χ1n) is 6.54. The first kappa shape index (κ1) is 14.8. The predicted octanol–water partition coefficient (Wildman–Crippen LogP) is 0.411. The maximum atomic E-state index is 11.3. The van der Waals surface area contributed by atoms with Gasteiger partial charge in [-0.25, -0.2) is 0 Å². The molecule has 1 amide bonds. The van der Waals surface area contributed by atoms with Gasteiger partial charge >= 0.3 is 0 Å². The van der Waals surface area contributed by atoms with Crippen molar-refractivity contribution in [1.29, 1.82) is 0 Å². The molecule has 0 aliphatic carbocycles. The van der Waals surface area contributed by atoms with E-state index in [1.165, 1.54) is 0 Å². The van der Waals surface area contributed by atoms with E-state index >= 15 is 0 Å². The standard InChI is InChI=1S/C14H20N2O4/c1-9(15-7-14(2,19)8-17)10-3-4-12-11(5-10)16-13(18)6-20-12/h3-5,9,15,17,19H,6-8H2,1-2H3,(H,16,18). The molecule has 110 valence electrons. The topological polar surface area (TPSA) is 90.8 Å². The molecule has 6 nitrogen and oxygen atoms in total. The van der Waals surface area contributed by atoms with Crippen LogP contribution in [0, 0.1) is 0 Å². The molecular formula is C14H20N2O4. The maximum Gasteiger partial charge on any atom is 0.262 e. The van der Waals surface area contributed by atoms with Gasteiger partial charge in [-0.1, -0.05) is 6.07 Å². The van der Waals surface area contributed by atoms with Crippen molar-refractivity contribution in [2.75, 3.05) is 25.1 Å². The van der Waals surface area contributed by atoms with Crippen LogP contribution >= 0.6 is 0 Å². The van der Waals surface area contributed by atoms with Gasteiger partial charge in [-0.2, -0.15) is 0 Å². The zero-order valence-electron chi connectivity index (χ0n) is 11.6. The predicted molar refractivity (Wildman–Crippen MR) is 74.7 cm³/mol. The number of carbonyl (C=O) groups is 1. The molecule has 1 aliphatic rings. The van der Waals surface area contributed by atoms with E-state index in [4.69, 9.17) is 9.84 Å². The Kier molecular flexibility index (Phi) is 4.27. The third kappa shape index (κ3) is 3.47. The molecule has 2 atom stereocenters. The number of fused-ring (bicyclic) bond motifs is 1. The summed E-state index contributed by atoms with van der Waals surface area (Å²) in [7, 11) is 0. The van der Waals surface area contributed by atoms with Gasteiger partial charge in [0.1, 0.15) is 5.75 Å². The normalized spacial score (nSPS) is 18.5. The van der Waals surface area contributed by atoms with E-state index in [-0.39, 0.29) is 31.7 Å². The molecule has 20 heavy (non-hydrogen) atoms. The van der Waals surface area contributed by atoms with Crippen molar-refractivity contribution >= 4 is 11.6 Å². The Bertz CT molecular complexity index is 502. The zero-order valence-corrected chi connectivity index (χ0v) is 11.6. The number of aliphatic hydroxyl groups is 2. The molecule has 0 saturated carbocycles. The number of hydrogen-bond donors (Lipinski definition) is 4. The Labute approximate surface area is 117 Å². The highest BCUT2D eigenvalue weighted by atomic mass is 16.5. The quantitative estimate of drug-likeness (QED) is 0.627. The van der Waals surface area contributed by atoms with Crippen molar-refractivity contribution in [1.82, 2.24) is 5.32 Å². The molecular weight excluding hydrogens is 260 g/mol. The summed E-state index contributed by atoms with van der Waals surface area (Å²) in [5.41, 5.74) is 0.462. The van der Waals surface area contributed by atoms with E-state index in [2.05, 4.69) is 10.6 Å². The molecule has 2 rings (SSSR count). The Morgan fingerprint density at radius 3 is 3.00 bits per heavy atom. The molecule has 0 aromatic heterocycles. The van der Waals surface area contributed by atoms with Crippen LogP contribution in [0.15, 0.2) is 18.2 Å². The van der Waals surface area contributed by atoms with Crippen LogP contribution in [0.2, 0.25) is 0 Å². The van der Waals surface area contributed by atoms with Gasteiger partial charge in [0.05, 0.1) is 17.9 Å². The fourth-order valence-electron chi connectivity index (χ4n) is 1.92. The monoisotopic (exact) mass is 280 g/mol. The lowest BCUT2D eigenvalue weighted by Gasteiger charge is -2.25. The van der Waals surface area contributed by atoms with E-state index in [1.807, 2.05) is 25.1 Å². The lowest BCUT2D eigenvalue weighted by molar-refractivity contribution is -0.118. The number of rotatable bonds is 5. The van der Waals surface area contributed by atoms with E-state index in [0.717, 1.165) is 5.56 Å². The second-order valence-corrected chi connectivity index (χ2v) is 5.35. The van der Waals surface area contributed by atoms with Gasteiger partial charge < -0.3 is 25.6 Å². The van der Waals surface area contributed by atoms with Crippen LogP contribution in [0.5, 0.6) is 5.75 Å². The second kappa shape index (κ2) is 5.78. The van der Waals surface area contributed by atoms with Crippen molar-refractivity contribution in [3.63, 3.8) is 0 Å². The lowest BCUT2D eigenvalue weighted by atomic mass is 10.0. The summed E-state index contributed by atoms with van der Waals surface area (Å²) in [5.74, 6) is 0.487. The molecule has 1 aromatic rings. The molecule has 0 saturated heterocycles. The maximum absolute atomic E-state index is 11.3. The molecule has 1 aliphatic heterocycles. The SMILES string of the molecule is CC(NCC(C)(O)CO)c1ccc2c(c1)NC(=O)CO2. The third-order valence-electron chi connectivity index (χ3n) is 3.27. The first-order chi connectivity index (χ1) is 9.41. The van der Waals surface area contributed by atoms with Crippen LogP contribution in [0.1, 0.15) is 25.5 Å². The van der Waals surface area contributed by atoms with Crippen LogP contribution in [0.3, 0.4) is 0 Å². The van der Waals surface area contributed by atoms with Gasteiger partial charge in [0.2, 0.25) is 0 Å². The summed E-state index contributed by atoms with van der Waals surface area (Å²) in [4.78, 5) is 11.3. The molecule has 1 heterocycles.